The molecule has 1 amide bonds. The molecule has 0 aliphatic rings. The molecule has 0 saturated heterocycles. The molecule has 1 N–H and O–H groups in total. The van der Waals surface area contributed by atoms with E-state index in [0.29, 0.717) is 25.2 Å². The number of thiophene rings is 1. The lowest BCUT2D eigenvalue weighted by Crippen LogP contribution is -2.42. The first-order valence-electron chi connectivity index (χ1n) is 8.26. The number of rotatable bonds is 9. The minimum Gasteiger partial charge on any atom is -0.336 e. The fourth-order valence-electron chi connectivity index (χ4n) is 2.27. The zero-order valence-corrected chi connectivity index (χ0v) is 16.9. The maximum atomic E-state index is 12.6. The van der Waals surface area contributed by atoms with Gasteiger partial charge in [0.1, 0.15) is 4.21 Å². The molecule has 0 aliphatic heterocycles. The van der Waals surface area contributed by atoms with E-state index in [-0.39, 0.29) is 16.7 Å². The number of likely N-dealkylation sites (N-methyl/N-ethyl adjacent to an activating group) is 1. The van der Waals surface area contributed by atoms with Crippen LogP contribution in [0.2, 0.25) is 0 Å². The van der Waals surface area contributed by atoms with Crippen molar-refractivity contribution in [1.29, 1.82) is 5.26 Å². The summed E-state index contributed by atoms with van der Waals surface area (Å²) in [6.07, 6.45) is 0. The van der Waals surface area contributed by atoms with Crippen molar-refractivity contribution in [2.24, 2.45) is 0 Å². The van der Waals surface area contributed by atoms with Gasteiger partial charge in [0.25, 0.3) is 10.0 Å². The van der Waals surface area contributed by atoms with Crippen LogP contribution in [0.3, 0.4) is 0 Å². The van der Waals surface area contributed by atoms with E-state index in [1.54, 1.807) is 40.6 Å². The Kier molecular flexibility index (Phi) is 7.50. The van der Waals surface area contributed by atoms with E-state index in [4.69, 9.17) is 5.26 Å². The topological polar surface area (TPSA) is 93.5 Å². The fourth-order valence-corrected chi connectivity index (χ4v) is 4.29. The Morgan fingerprint density at radius 2 is 1.89 bits per heavy atom. The maximum Gasteiger partial charge on any atom is 0.250 e. The highest BCUT2D eigenvalue weighted by Crippen LogP contribution is 2.15. The summed E-state index contributed by atoms with van der Waals surface area (Å²) in [5.74, 6) is -0.304. The number of nitriles is 1. The lowest BCUT2D eigenvalue weighted by atomic mass is 10.1. The number of sulfonamides is 1. The van der Waals surface area contributed by atoms with Gasteiger partial charge in [-0.25, -0.2) is 13.1 Å². The molecule has 9 heteroatoms. The van der Waals surface area contributed by atoms with Gasteiger partial charge >= 0.3 is 0 Å². The molecule has 0 aliphatic carbocycles. The van der Waals surface area contributed by atoms with E-state index in [9.17, 15) is 13.2 Å². The van der Waals surface area contributed by atoms with Gasteiger partial charge in [0.2, 0.25) is 5.91 Å². The van der Waals surface area contributed by atoms with Crippen LogP contribution in [0.4, 0.5) is 0 Å². The van der Waals surface area contributed by atoms with E-state index in [2.05, 4.69) is 10.8 Å². The minimum absolute atomic E-state index is 0.183. The van der Waals surface area contributed by atoms with Gasteiger partial charge in [0, 0.05) is 19.6 Å². The van der Waals surface area contributed by atoms with E-state index in [1.807, 2.05) is 19.0 Å². The number of nitrogens with one attached hydrogen (secondary N) is 1. The van der Waals surface area contributed by atoms with Crippen molar-refractivity contribution in [1.82, 2.24) is 14.5 Å². The van der Waals surface area contributed by atoms with Gasteiger partial charge in [0.05, 0.1) is 18.2 Å². The molecule has 7 nitrogen and oxygen atoms in total. The summed E-state index contributed by atoms with van der Waals surface area (Å²) < 4.78 is 27.0. The Labute approximate surface area is 163 Å². The van der Waals surface area contributed by atoms with Crippen LogP contribution in [-0.4, -0.2) is 57.9 Å². The second-order valence-corrected chi connectivity index (χ2v) is 9.13. The fraction of sp³-hybridized carbons (Fsp3) is 0.333. The monoisotopic (exact) mass is 406 g/mol. The van der Waals surface area contributed by atoms with Crippen LogP contribution >= 0.6 is 11.3 Å². The standard InChI is InChI=1S/C18H22N4O3S2/c1-21(2)9-10-22(14-16-7-5-15(12-19)6-8-16)17(23)13-20-27(24,25)18-4-3-11-26-18/h3-8,11,20H,9-10,13-14H2,1-2H3. The van der Waals surface area contributed by atoms with Crippen molar-refractivity contribution in [2.45, 2.75) is 10.8 Å². The first-order valence-corrected chi connectivity index (χ1v) is 10.6. The number of benzene rings is 1. The predicted molar refractivity (Wildman–Crippen MR) is 105 cm³/mol. The third kappa shape index (κ3) is 6.45. The molecule has 0 spiro atoms. The van der Waals surface area contributed by atoms with Crippen LogP contribution in [0.5, 0.6) is 0 Å². The van der Waals surface area contributed by atoms with Crippen LogP contribution in [0.1, 0.15) is 11.1 Å². The molecule has 1 aromatic heterocycles. The highest BCUT2D eigenvalue weighted by Gasteiger charge is 2.20. The average Bonchev–Trinajstić information content (AvgIpc) is 3.19. The Bertz CT molecular complexity index is 886. The summed E-state index contributed by atoms with van der Waals surface area (Å²) in [6.45, 7) is 1.16. The molecule has 1 aromatic carbocycles. The molecule has 144 valence electrons. The van der Waals surface area contributed by atoms with Crippen molar-refractivity contribution in [3.05, 3.63) is 52.9 Å². The molecular weight excluding hydrogens is 384 g/mol. The number of hydrogen-bond acceptors (Lipinski definition) is 6. The Morgan fingerprint density at radius 3 is 2.44 bits per heavy atom. The summed E-state index contributed by atoms with van der Waals surface area (Å²) in [7, 11) is 0.129. The maximum absolute atomic E-state index is 12.6. The van der Waals surface area contributed by atoms with E-state index >= 15 is 0 Å². The molecule has 0 radical (unpaired) electrons. The number of carbonyl (C=O) groups excluding carboxylic acids is 1. The summed E-state index contributed by atoms with van der Waals surface area (Å²) in [5.41, 5.74) is 1.43. The molecule has 0 unspecified atom stereocenters. The third-order valence-electron chi connectivity index (χ3n) is 3.80. The quantitative estimate of drug-likeness (QED) is 0.681. The van der Waals surface area contributed by atoms with Crippen LogP contribution < -0.4 is 4.72 Å². The molecule has 1 heterocycles. The summed E-state index contributed by atoms with van der Waals surface area (Å²) in [4.78, 5) is 16.2. The van der Waals surface area contributed by atoms with Gasteiger partial charge < -0.3 is 9.80 Å². The second kappa shape index (κ2) is 9.62. The predicted octanol–water partition coefficient (Wildman–Crippen LogP) is 1.49. The summed E-state index contributed by atoms with van der Waals surface area (Å²) >= 11 is 1.10. The normalized spacial score (nSPS) is 11.3. The lowest BCUT2D eigenvalue weighted by molar-refractivity contribution is -0.130. The Balaban J connectivity index is 2.05. The highest BCUT2D eigenvalue weighted by atomic mass is 32.2. The molecule has 2 aromatic rings. The molecule has 27 heavy (non-hydrogen) atoms. The van der Waals surface area contributed by atoms with Gasteiger partial charge in [-0.3, -0.25) is 4.79 Å². The SMILES string of the molecule is CN(C)CCN(Cc1ccc(C#N)cc1)C(=O)CNS(=O)(=O)c1cccs1. The van der Waals surface area contributed by atoms with Crippen LogP contribution in [0.25, 0.3) is 0 Å². The van der Waals surface area contributed by atoms with Gasteiger partial charge in [-0.05, 0) is 43.2 Å². The van der Waals surface area contributed by atoms with Gasteiger partial charge in [-0.2, -0.15) is 5.26 Å². The van der Waals surface area contributed by atoms with Crippen molar-refractivity contribution in [3.63, 3.8) is 0 Å². The van der Waals surface area contributed by atoms with Crippen molar-refractivity contribution >= 4 is 27.3 Å². The first-order chi connectivity index (χ1) is 12.8. The molecule has 0 bridgehead atoms. The number of amides is 1. The molecule has 0 saturated carbocycles. The second-order valence-electron chi connectivity index (χ2n) is 6.18. The van der Waals surface area contributed by atoms with Gasteiger partial charge in [0.15, 0.2) is 0 Å². The summed E-state index contributed by atoms with van der Waals surface area (Å²) in [5, 5.41) is 10.6. The van der Waals surface area contributed by atoms with Crippen molar-refractivity contribution in [2.75, 3.05) is 33.7 Å². The molecular formula is C18H22N4O3S2. The number of carbonyl (C=O) groups is 1. The van der Waals surface area contributed by atoms with Gasteiger partial charge in [-0.1, -0.05) is 18.2 Å². The summed E-state index contributed by atoms with van der Waals surface area (Å²) in [6, 6.07) is 12.2. The minimum atomic E-state index is -3.68. The van der Waals surface area contributed by atoms with E-state index in [0.717, 1.165) is 16.9 Å². The third-order valence-corrected chi connectivity index (χ3v) is 6.60. The van der Waals surface area contributed by atoms with E-state index < -0.39 is 10.0 Å². The van der Waals surface area contributed by atoms with Crippen LogP contribution in [0, 0.1) is 11.3 Å². The molecule has 0 atom stereocenters. The number of nitrogens with zero attached hydrogens (tertiary/aromatic N) is 3. The highest BCUT2D eigenvalue weighted by molar-refractivity contribution is 7.91. The van der Waals surface area contributed by atoms with Crippen LogP contribution in [-0.2, 0) is 21.4 Å². The van der Waals surface area contributed by atoms with Crippen molar-refractivity contribution in [3.8, 4) is 6.07 Å². The zero-order chi connectivity index (χ0) is 19.9. The zero-order valence-electron chi connectivity index (χ0n) is 15.3. The smallest absolute Gasteiger partial charge is 0.250 e. The first kappa shape index (κ1) is 21.1. The van der Waals surface area contributed by atoms with Crippen molar-refractivity contribution < 1.29 is 13.2 Å². The number of hydrogen-bond donors (Lipinski definition) is 1. The van der Waals surface area contributed by atoms with Gasteiger partial charge in [-0.15, -0.1) is 11.3 Å². The Hall–Kier alpha value is -2.25. The Morgan fingerprint density at radius 1 is 1.19 bits per heavy atom. The largest absolute Gasteiger partial charge is 0.336 e. The molecule has 2 rings (SSSR count). The van der Waals surface area contributed by atoms with Crippen LogP contribution in [0.15, 0.2) is 46.0 Å². The lowest BCUT2D eigenvalue weighted by Gasteiger charge is -2.24. The molecule has 0 fully saturated rings. The van der Waals surface area contributed by atoms with E-state index in [1.165, 1.54) is 6.07 Å². The average molecular weight is 407 g/mol.